The maximum absolute atomic E-state index is 14.7. The molecule has 0 spiro atoms. The van der Waals surface area contributed by atoms with E-state index in [1.807, 2.05) is 0 Å². The average Bonchev–Trinajstić information content (AvgIpc) is 2.96. The first-order valence-electron chi connectivity index (χ1n) is 13.3. The molecule has 2 aliphatic rings. The number of piperidine rings is 2. The van der Waals surface area contributed by atoms with Gasteiger partial charge >= 0.3 is 12.1 Å². The number of nitrogens with zero attached hydrogens (tertiary/aromatic N) is 4. The molecule has 1 aromatic carbocycles. The van der Waals surface area contributed by atoms with Crippen LogP contribution in [0.3, 0.4) is 0 Å². The van der Waals surface area contributed by atoms with Gasteiger partial charge in [-0.3, -0.25) is 9.59 Å². The second-order valence-corrected chi connectivity index (χ2v) is 11.2. The van der Waals surface area contributed by atoms with Crippen LogP contribution in [0.25, 0.3) is 0 Å². The molecule has 224 valence electrons. The summed E-state index contributed by atoms with van der Waals surface area (Å²) in [6, 6.07) is 8.96. The first kappa shape index (κ1) is 31.0. The van der Waals surface area contributed by atoms with E-state index < -0.39 is 29.2 Å². The highest BCUT2D eigenvalue weighted by molar-refractivity contribution is 6.32. The fourth-order valence-corrected chi connectivity index (χ4v) is 5.96. The van der Waals surface area contributed by atoms with Gasteiger partial charge in [0, 0.05) is 40.3 Å². The molecule has 0 saturated carbocycles. The molecule has 2 fully saturated rings. The van der Waals surface area contributed by atoms with Gasteiger partial charge in [0.1, 0.15) is 11.0 Å². The number of carbonyl (C=O) groups is 2. The van der Waals surface area contributed by atoms with Crippen molar-refractivity contribution < 1.29 is 36.6 Å². The molecule has 0 unspecified atom stereocenters. The minimum Gasteiger partial charge on any atom is -0.370 e. The van der Waals surface area contributed by atoms with Crippen molar-refractivity contribution in [1.82, 2.24) is 14.8 Å². The SMILES string of the molecule is CN(C)C(=O)c1ccc(N2CCC(C3CCN(C(=O)[C@](O)(c4ccccc4)C(F)(F)C(F)(F)F)CC3)CC2)nc1Cl. The second-order valence-electron chi connectivity index (χ2n) is 10.8. The van der Waals surface area contributed by atoms with Crippen molar-refractivity contribution in [2.24, 2.45) is 11.8 Å². The summed E-state index contributed by atoms with van der Waals surface area (Å²) >= 11 is 6.26. The van der Waals surface area contributed by atoms with Gasteiger partial charge < -0.3 is 19.8 Å². The number of halogens is 6. The lowest BCUT2D eigenvalue weighted by Crippen LogP contribution is -2.63. The molecule has 2 amide bonds. The summed E-state index contributed by atoms with van der Waals surface area (Å²) in [6.07, 6.45) is -3.72. The Hall–Kier alpha value is -2.99. The molecule has 2 saturated heterocycles. The molecule has 3 heterocycles. The third kappa shape index (κ3) is 5.86. The fourth-order valence-electron chi connectivity index (χ4n) is 5.73. The van der Waals surface area contributed by atoms with Gasteiger partial charge in [-0.2, -0.15) is 22.0 Å². The number of carbonyl (C=O) groups excluding carboxylic acids is 2. The number of amides is 2. The van der Waals surface area contributed by atoms with E-state index in [0.29, 0.717) is 37.3 Å². The summed E-state index contributed by atoms with van der Waals surface area (Å²) in [4.78, 5) is 34.2. The molecule has 13 heteroatoms. The van der Waals surface area contributed by atoms with E-state index in [9.17, 15) is 36.6 Å². The molecule has 1 aromatic heterocycles. The number of alkyl halides is 5. The standard InChI is InChI=1S/C28H32ClF5N4O3/c1-36(2)24(39)21-8-9-22(35-23(21)29)37-14-10-18(11-15-37)19-12-16-38(17-13-19)25(40)26(41,20-6-4-3-5-7-20)27(30,31)28(32,33)34/h3-9,18-19,41H,10-17H2,1-2H3/t26-/m1/s1. The van der Waals surface area contributed by atoms with E-state index in [-0.39, 0.29) is 36.0 Å². The van der Waals surface area contributed by atoms with Crippen LogP contribution in [-0.4, -0.2) is 84.1 Å². The summed E-state index contributed by atoms with van der Waals surface area (Å²) in [7, 11) is 3.25. The Bertz CT molecular complexity index is 1250. The number of likely N-dealkylation sites (tertiary alicyclic amines) is 1. The Balaban J connectivity index is 1.39. The lowest BCUT2D eigenvalue weighted by Gasteiger charge is -2.43. The summed E-state index contributed by atoms with van der Waals surface area (Å²) in [6.45, 7) is 1.26. The number of benzene rings is 1. The molecule has 2 aliphatic heterocycles. The highest BCUT2D eigenvalue weighted by Gasteiger charge is 2.74. The van der Waals surface area contributed by atoms with E-state index >= 15 is 0 Å². The van der Waals surface area contributed by atoms with Gasteiger partial charge in [-0.1, -0.05) is 41.9 Å². The van der Waals surface area contributed by atoms with Crippen LogP contribution in [-0.2, 0) is 10.4 Å². The number of anilines is 1. The minimum atomic E-state index is -6.14. The predicted octanol–water partition coefficient (Wildman–Crippen LogP) is 4.98. The third-order valence-corrected chi connectivity index (χ3v) is 8.43. The molecule has 1 atom stereocenters. The second kappa shape index (κ2) is 11.7. The highest BCUT2D eigenvalue weighted by Crippen LogP contribution is 2.49. The Kier molecular flexibility index (Phi) is 8.84. The number of aliphatic hydroxyl groups is 1. The van der Waals surface area contributed by atoms with Crippen molar-refractivity contribution in [2.75, 3.05) is 45.2 Å². The van der Waals surface area contributed by atoms with Gasteiger partial charge in [-0.05, 0) is 55.2 Å². The first-order valence-corrected chi connectivity index (χ1v) is 13.7. The Morgan fingerprint density at radius 1 is 0.902 bits per heavy atom. The van der Waals surface area contributed by atoms with Crippen LogP contribution in [0.4, 0.5) is 27.8 Å². The monoisotopic (exact) mass is 602 g/mol. The number of aromatic nitrogens is 1. The van der Waals surface area contributed by atoms with Crippen molar-refractivity contribution in [1.29, 1.82) is 0 Å². The van der Waals surface area contributed by atoms with Crippen molar-refractivity contribution >= 4 is 29.2 Å². The van der Waals surface area contributed by atoms with E-state index in [1.165, 1.54) is 23.1 Å². The molecule has 0 radical (unpaired) electrons. The summed E-state index contributed by atoms with van der Waals surface area (Å²) in [5.41, 5.74) is -4.58. The third-order valence-electron chi connectivity index (χ3n) is 8.14. The molecule has 2 aromatic rings. The smallest absolute Gasteiger partial charge is 0.370 e. The number of hydrogen-bond acceptors (Lipinski definition) is 5. The predicted molar refractivity (Wildman–Crippen MR) is 143 cm³/mol. The van der Waals surface area contributed by atoms with Crippen LogP contribution in [0.1, 0.15) is 41.6 Å². The zero-order chi connectivity index (χ0) is 30.2. The maximum Gasteiger partial charge on any atom is 0.457 e. The first-order chi connectivity index (χ1) is 19.2. The molecular formula is C28H32ClF5N4O3. The Labute approximate surface area is 239 Å². The Morgan fingerprint density at radius 2 is 1.44 bits per heavy atom. The summed E-state index contributed by atoms with van der Waals surface area (Å²) in [5, 5.41) is 10.9. The van der Waals surface area contributed by atoms with Gasteiger partial charge in [0.15, 0.2) is 0 Å². The summed E-state index contributed by atoms with van der Waals surface area (Å²) < 4.78 is 69.5. The normalized spacial score (nSPS) is 19.1. The molecule has 4 rings (SSSR count). The maximum atomic E-state index is 14.7. The van der Waals surface area contributed by atoms with Crippen LogP contribution >= 0.6 is 11.6 Å². The lowest BCUT2D eigenvalue weighted by atomic mass is 9.78. The van der Waals surface area contributed by atoms with E-state index in [4.69, 9.17) is 11.6 Å². The molecule has 7 nitrogen and oxygen atoms in total. The molecule has 1 N–H and O–H groups in total. The molecule has 0 bridgehead atoms. The van der Waals surface area contributed by atoms with Crippen LogP contribution in [0.2, 0.25) is 5.15 Å². The lowest BCUT2D eigenvalue weighted by molar-refractivity contribution is -0.339. The van der Waals surface area contributed by atoms with Gasteiger partial charge in [-0.15, -0.1) is 0 Å². The van der Waals surface area contributed by atoms with Crippen LogP contribution < -0.4 is 4.90 Å². The van der Waals surface area contributed by atoms with Gasteiger partial charge in [0.25, 0.3) is 11.8 Å². The average molecular weight is 603 g/mol. The minimum absolute atomic E-state index is 0.0364. The highest BCUT2D eigenvalue weighted by atomic mass is 35.5. The van der Waals surface area contributed by atoms with Crippen LogP contribution in [0, 0.1) is 11.8 Å². The van der Waals surface area contributed by atoms with E-state index in [1.54, 1.807) is 26.2 Å². The van der Waals surface area contributed by atoms with Crippen molar-refractivity contribution in [3.05, 3.63) is 58.7 Å². The Morgan fingerprint density at radius 3 is 1.93 bits per heavy atom. The number of pyridine rings is 1. The largest absolute Gasteiger partial charge is 0.457 e. The van der Waals surface area contributed by atoms with Crippen molar-refractivity contribution in [3.8, 4) is 0 Å². The van der Waals surface area contributed by atoms with Crippen molar-refractivity contribution in [3.63, 3.8) is 0 Å². The van der Waals surface area contributed by atoms with Gasteiger partial charge in [0.2, 0.25) is 5.60 Å². The van der Waals surface area contributed by atoms with Gasteiger partial charge in [-0.25, -0.2) is 4.98 Å². The quantitative estimate of drug-likeness (QED) is 0.373. The zero-order valence-electron chi connectivity index (χ0n) is 22.7. The fraction of sp³-hybridized carbons (Fsp3) is 0.536. The van der Waals surface area contributed by atoms with Crippen LogP contribution in [0.15, 0.2) is 42.5 Å². The molecular weight excluding hydrogens is 571 g/mol. The van der Waals surface area contributed by atoms with E-state index in [0.717, 1.165) is 29.9 Å². The molecule has 41 heavy (non-hydrogen) atoms. The van der Waals surface area contributed by atoms with Gasteiger partial charge in [0.05, 0.1) is 5.56 Å². The topological polar surface area (TPSA) is 77.0 Å². The zero-order valence-corrected chi connectivity index (χ0v) is 23.4. The van der Waals surface area contributed by atoms with E-state index in [2.05, 4.69) is 9.88 Å². The number of hydrogen-bond donors (Lipinski definition) is 1. The van der Waals surface area contributed by atoms with Crippen molar-refractivity contribution in [2.45, 2.75) is 43.4 Å². The van der Waals surface area contributed by atoms with Crippen LogP contribution in [0.5, 0.6) is 0 Å². The number of rotatable bonds is 6. The molecule has 0 aliphatic carbocycles. The summed E-state index contributed by atoms with van der Waals surface area (Å²) in [5.74, 6) is -6.55.